The van der Waals surface area contributed by atoms with Gasteiger partial charge in [0.05, 0.1) is 11.1 Å². The maximum atomic E-state index is 12.8. The summed E-state index contributed by atoms with van der Waals surface area (Å²) in [7, 11) is 1.58. The number of carbonyl (C=O) groups excluding carboxylic acids is 1. The van der Waals surface area contributed by atoms with Gasteiger partial charge >= 0.3 is 6.18 Å². The maximum absolute atomic E-state index is 12.8. The largest absolute Gasteiger partial charge is 0.490 e. The van der Waals surface area contributed by atoms with Gasteiger partial charge in [0.25, 0.3) is 5.91 Å². The highest BCUT2D eigenvalue weighted by atomic mass is 19.4. The molecule has 27 heavy (non-hydrogen) atoms. The van der Waals surface area contributed by atoms with Crippen LogP contribution >= 0.6 is 0 Å². The summed E-state index contributed by atoms with van der Waals surface area (Å²) >= 11 is 0. The number of ether oxygens (including phenoxy) is 1. The number of likely N-dealkylation sites (tertiary alicyclic amines) is 1. The van der Waals surface area contributed by atoms with Crippen LogP contribution in [0.5, 0.6) is 5.75 Å². The fraction of sp³-hybridized carbons (Fsp3) is 0.368. The number of hydrogen-bond donors (Lipinski definition) is 0. The molecule has 0 N–H and O–H groups in total. The first-order valence-corrected chi connectivity index (χ1v) is 8.54. The van der Waals surface area contributed by atoms with Gasteiger partial charge in [0.1, 0.15) is 11.9 Å². The van der Waals surface area contributed by atoms with E-state index in [0.717, 1.165) is 12.1 Å². The lowest BCUT2D eigenvalue weighted by Crippen LogP contribution is -2.42. The van der Waals surface area contributed by atoms with Crippen LogP contribution in [0, 0.1) is 0 Å². The van der Waals surface area contributed by atoms with Crippen molar-refractivity contribution < 1.29 is 22.7 Å². The predicted octanol–water partition coefficient (Wildman–Crippen LogP) is 3.09. The zero-order chi connectivity index (χ0) is 19.6. The van der Waals surface area contributed by atoms with E-state index in [1.165, 1.54) is 35.0 Å². The van der Waals surface area contributed by atoms with Gasteiger partial charge in [-0.05, 0) is 24.3 Å². The molecule has 0 radical (unpaired) electrons. The first-order chi connectivity index (χ1) is 12.7. The highest BCUT2D eigenvalue weighted by Crippen LogP contribution is 2.32. The second kappa shape index (κ2) is 7.46. The van der Waals surface area contributed by atoms with E-state index in [4.69, 9.17) is 4.74 Å². The number of amides is 1. The molecule has 5 nitrogen and oxygen atoms in total. The molecule has 3 rings (SSSR count). The molecule has 0 bridgehead atoms. The minimum absolute atomic E-state index is 0.174. The topological polar surface area (TPSA) is 51.5 Å². The smallest absolute Gasteiger partial charge is 0.416 e. The molecule has 1 aromatic heterocycles. The molecule has 2 heterocycles. The molecule has 0 saturated carbocycles. The number of carbonyl (C=O) groups is 1. The van der Waals surface area contributed by atoms with Crippen molar-refractivity contribution >= 4 is 5.91 Å². The first kappa shape index (κ1) is 19.0. The lowest BCUT2D eigenvalue weighted by Gasteiger charge is -2.32. The number of alkyl halides is 3. The molecule has 1 saturated heterocycles. The second-order valence-electron chi connectivity index (χ2n) is 6.50. The molecule has 0 unspecified atom stereocenters. The monoisotopic (exact) mass is 380 g/mol. The number of rotatable bonds is 3. The Labute approximate surface area is 154 Å². The number of pyridine rings is 1. The number of aryl methyl sites for hydroxylation is 1. The van der Waals surface area contributed by atoms with Crippen molar-refractivity contribution in [2.75, 3.05) is 13.1 Å². The van der Waals surface area contributed by atoms with Crippen LogP contribution in [0.4, 0.5) is 13.2 Å². The molecule has 2 aromatic rings. The Hall–Kier alpha value is -2.77. The third kappa shape index (κ3) is 4.50. The molecule has 1 fully saturated rings. The molecular formula is C19H19F3N2O3. The number of aromatic nitrogens is 1. The van der Waals surface area contributed by atoms with Crippen LogP contribution in [-0.2, 0) is 13.2 Å². The van der Waals surface area contributed by atoms with E-state index in [2.05, 4.69) is 0 Å². The molecule has 0 aliphatic carbocycles. The standard InChI is InChI=1S/C19H19F3N2O3/c1-23-12-13(5-6-17(23)25)18(26)24-9-7-15(8-10-24)27-16-4-2-3-14(11-16)19(20,21)22/h2-6,11-12,15H,7-10H2,1H3. The lowest BCUT2D eigenvalue weighted by atomic mass is 10.1. The van der Waals surface area contributed by atoms with Gasteiger partial charge in [0, 0.05) is 45.2 Å². The van der Waals surface area contributed by atoms with Crippen LogP contribution in [-0.4, -0.2) is 34.6 Å². The molecular weight excluding hydrogens is 361 g/mol. The summed E-state index contributed by atoms with van der Waals surface area (Å²) in [4.78, 5) is 25.6. The van der Waals surface area contributed by atoms with Crippen LogP contribution in [0.15, 0.2) is 47.4 Å². The van der Waals surface area contributed by atoms with E-state index in [1.807, 2.05) is 0 Å². The molecule has 0 spiro atoms. The number of piperidine rings is 1. The van der Waals surface area contributed by atoms with Gasteiger partial charge < -0.3 is 14.2 Å². The summed E-state index contributed by atoms with van der Waals surface area (Å²) in [5.74, 6) is -0.00391. The molecule has 1 aliphatic rings. The SMILES string of the molecule is Cn1cc(C(=O)N2CCC(Oc3cccc(C(F)(F)F)c3)CC2)ccc1=O. The molecule has 1 amide bonds. The Morgan fingerprint density at radius 2 is 1.85 bits per heavy atom. The highest BCUT2D eigenvalue weighted by Gasteiger charge is 2.31. The van der Waals surface area contributed by atoms with Crippen molar-refractivity contribution in [3.8, 4) is 5.75 Å². The Bertz CT molecular complexity index is 884. The summed E-state index contributed by atoms with van der Waals surface area (Å²) in [6.07, 6.45) is -2.12. The highest BCUT2D eigenvalue weighted by molar-refractivity contribution is 5.93. The van der Waals surface area contributed by atoms with Gasteiger partial charge in [0.2, 0.25) is 5.56 Å². The van der Waals surface area contributed by atoms with Gasteiger partial charge in [-0.15, -0.1) is 0 Å². The summed E-state index contributed by atoms with van der Waals surface area (Å²) in [5, 5.41) is 0. The first-order valence-electron chi connectivity index (χ1n) is 8.54. The van der Waals surface area contributed by atoms with Gasteiger partial charge in [-0.1, -0.05) is 6.07 Å². The van der Waals surface area contributed by atoms with Crippen molar-refractivity contribution in [3.05, 3.63) is 64.1 Å². The van der Waals surface area contributed by atoms with Crippen LogP contribution in [0.2, 0.25) is 0 Å². The van der Waals surface area contributed by atoms with Crippen molar-refractivity contribution in [2.24, 2.45) is 7.05 Å². The molecule has 8 heteroatoms. The number of hydrogen-bond acceptors (Lipinski definition) is 3. The van der Waals surface area contributed by atoms with Crippen LogP contribution in [0.1, 0.15) is 28.8 Å². The Morgan fingerprint density at radius 3 is 2.48 bits per heavy atom. The van der Waals surface area contributed by atoms with Gasteiger partial charge in [-0.3, -0.25) is 9.59 Å². The van der Waals surface area contributed by atoms with E-state index in [0.29, 0.717) is 31.5 Å². The van der Waals surface area contributed by atoms with E-state index in [-0.39, 0.29) is 23.3 Å². The average Bonchev–Trinajstić information content (AvgIpc) is 2.63. The average molecular weight is 380 g/mol. The van der Waals surface area contributed by atoms with Crippen LogP contribution in [0.25, 0.3) is 0 Å². The van der Waals surface area contributed by atoms with Gasteiger partial charge in [-0.25, -0.2) is 0 Å². The van der Waals surface area contributed by atoms with E-state index >= 15 is 0 Å². The van der Waals surface area contributed by atoms with Crippen molar-refractivity contribution in [1.82, 2.24) is 9.47 Å². The quantitative estimate of drug-likeness (QED) is 0.822. The summed E-state index contributed by atoms with van der Waals surface area (Å²) < 4.78 is 45.4. The third-order valence-electron chi connectivity index (χ3n) is 4.53. The fourth-order valence-corrected chi connectivity index (χ4v) is 3.02. The maximum Gasteiger partial charge on any atom is 0.416 e. The van der Waals surface area contributed by atoms with E-state index in [1.54, 1.807) is 11.9 Å². The number of benzene rings is 1. The second-order valence-corrected chi connectivity index (χ2v) is 6.50. The van der Waals surface area contributed by atoms with Crippen molar-refractivity contribution in [2.45, 2.75) is 25.1 Å². The van der Waals surface area contributed by atoms with E-state index in [9.17, 15) is 22.8 Å². The zero-order valence-corrected chi connectivity index (χ0v) is 14.7. The Balaban J connectivity index is 1.60. The normalized spacial score (nSPS) is 15.6. The molecule has 1 aromatic carbocycles. The molecule has 1 aliphatic heterocycles. The third-order valence-corrected chi connectivity index (χ3v) is 4.53. The van der Waals surface area contributed by atoms with E-state index < -0.39 is 11.7 Å². The fourth-order valence-electron chi connectivity index (χ4n) is 3.02. The molecule has 144 valence electrons. The molecule has 0 atom stereocenters. The van der Waals surface area contributed by atoms with Gasteiger partial charge in [0.15, 0.2) is 0 Å². The number of nitrogens with zero attached hydrogens (tertiary/aromatic N) is 2. The van der Waals surface area contributed by atoms with Crippen molar-refractivity contribution in [1.29, 1.82) is 0 Å². The Morgan fingerprint density at radius 1 is 1.15 bits per heavy atom. The lowest BCUT2D eigenvalue weighted by molar-refractivity contribution is -0.137. The predicted molar refractivity (Wildman–Crippen MR) is 92.7 cm³/mol. The number of halogens is 3. The van der Waals surface area contributed by atoms with Crippen LogP contribution < -0.4 is 10.3 Å². The minimum Gasteiger partial charge on any atom is -0.490 e. The minimum atomic E-state index is -4.41. The summed E-state index contributed by atoms with van der Waals surface area (Å²) in [6.45, 7) is 0.872. The summed E-state index contributed by atoms with van der Waals surface area (Å²) in [6, 6.07) is 7.64. The van der Waals surface area contributed by atoms with Crippen molar-refractivity contribution in [3.63, 3.8) is 0 Å². The van der Waals surface area contributed by atoms with Gasteiger partial charge in [-0.2, -0.15) is 13.2 Å². The zero-order valence-electron chi connectivity index (χ0n) is 14.7. The van der Waals surface area contributed by atoms with Crippen LogP contribution in [0.3, 0.4) is 0 Å². The Kier molecular flexibility index (Phi) is 5.25. The summed E-state index contributed by atoms with van der Waals surface area (Å²) in [5.41, 5.74) is -0.517.